The number of nitrogens with one attached hydrogen (secondary N) is 1. The first-order valence-corrected chi connectivity index (χ1v) is 6.98. The minimum Gasteiger partial charge on any atom is -0.342 e. The fraction of sp³-hybridized carbons (Fsp3) is 0.267. The summed E-state index contributed by atoms with van der Waals surface area (Å²) in [4.78, 5) is 12.3. The molecule has 0 atom stereocenters. The number of amides is 1. The second-order valence-electron chi connectivity index (χ2n) is 4.60. The number of benzene rings is 1. The molecule has 0 spiro atoms. The number of nitrogens with two attached hydrogens (primary N) is 1. The van der Waals surface area contributed by atoms with Crippen LogP contribution in [0.25, 0.3) is 0 Å². The molecule has 1 aromatic carbocycles. The molecule has 0 saturated carbocycles. The fourth-order valence-corrected chi connectivity index (χ4v) is 2.28. The van der Waals surface area contributed by atoms with E-state index in [2.05, 4.69) is 12.2 Å². The van der Waals surface area contributed by atoms with Gasteiger partial charge in [-0.05, 0) is 30.2 Å². The maximum absolute atomic E-state index is 12.3. The smallest absolute Gasteiger partial charge is 0.272 e. The summed E-state index contributed by atoms with van der Waals surface area (Å²) in [6.45, 7) is 3.26. The second kappa shape index (κ2) is 6.59. The van der Waals surface area contributed by atoms with Gasteiger partial charge in [-0.3, -0.25) is 4.79 Å². The number of hydrogen-bond donors (Lipinski definition) is 2. The molecule has 0 unspecified atom stereocenters. The molecule has 1 aromatic heterocycles. The number of rotatable bonds is 5. The van der Waals surface area contributed by atoms with Gasteiger partial charge in [0.15, 0.2) is 0 Å². The SMILES string of the molecule is CCCn1cc(Cl)cc1C(=O)Nc1cccc(CN)c1. The zero-order chi connectivity index (χ0) is 14.5. The van der Waals surface area contributed by atoms with Crippen molar-refractivity contribution < 1.29 is 4.79 Å². The van der Waals surface area contributed by atoms with Crippen LogP contribution in [0.3, 0.4) is 0 Å². The van der Waals surface area contributed by atoms with Crippen LogP contribution in [0.15, 0.2) is 36.5 Å². The third kappa shape index (κ3) is 3.40. The Labute approximate surface area is 123 Å². The van der Waals surface area contributed by atoms with E-state index in [0.717, 1.165) is 24.2 Å². The highest BCUT2D eigenvalue weighted by molar-refractivity contribution is 6.31. The summed E-state index contributed by atoms with van der Waals surface area (Å²) in [7, 11) is 0. The summed E-state index contributed by atoms with van der Waals surface area (Å²) in [5, 5.41) is 3.44. The van der Waals surface area contributed by atoms with E-state index in [1.165, 1.54) is 0 Å². The minimum atomic E-state index is -0.167. The molecule has 0 aliphatic carbocycles. The average molecular weight is 292 g/mol. The van der Waals surface area contributed by atoms with E-state index in [-0.39, 0.29) is 5.91 Å². The number of carbonyl (C=O) groups is 1. The topological polar surface area (TPSA) is 60.0 Å². The third-order valence-electron chi connectivity index (χ3n) is 2.98. The summed E-state index contributed by atoms with van der Waals surface area (Å²) in [6, 6.07) is 9.18. The Morgan fingerprint density at radius 3 is 2.90 bits per heavy atom. The predicted octanol–water partition coefficient (Wildman–Crippen LogP) is 3.26. The number of nitrogens with zero attached hydrogens (tertiary/aromatic N) is 1. The maximum atomic E-state index is 12.3. The molecule has 0 fully saturated rings. The van der Waals surface area contributed by atoms with Gasteiger partial charge in [-0.15, -0.1) is 0 Å². The Morgan fingerprint density at radius 1 is 1.40 bits per heavy atom. The number of aryl methyl sites for hydroxylation is 1. The first-order chi connectivity index (χ1) is 9.63. The third-order valence-corrected chi connectivity index (χ3v) is 3.19. The Bertz CT molecular complexity index is 607. The van der Waals surface area contributed by atoms with Gasteiger partial charge in [-0.25, -0.2) is 0 Å². The van der Waals surface area contributed by atoms with Gasteiger partial charge in [0.05, 0.1) is 5.02 Å². The molecule has 1 amide bonds. The number of anilines is 1. The molecule has 106 valence electrons. The zero-order valence-corrected chi connectivity index (χ0v) is 12.2. The van der Waals surface area contributed by atoms with E-state index in [0.29, 0.717) is 17.3 Å². The quantitative estimate of drug-likeness (QED) is 0.888. The first kappa shape index (κ1) is 14.6. The van der Waals surface area contributed by atoms with Crippen molar-refractivity contribution in [1.29, 1.82) is 0 Å². The first-order valence-electron chi connectivity index (χ1n) is 6.60. The van der Waals surface area contributed by atoms with Gasteiger partial charge < -0.3 is 15.6 Å². The van der Waals surface area contributed by atoms with Crippen LogP contribution in [-0.2, 0) is 13.1 Å². The minimum absolute atomic E-state index is 0.167. The van der Waals surface area contributed by atoms with Gasteiger partial charge >= 0.3 is 0 Å². The largest absolute Gasteiger partial charge is 0.342 e. The summed E-state index contributed by atoms with van der Waals surface area (Å²) in [6.07, 6.45) is 2.71. The molecule has 0 saturated heterocycles. The van der Waals surface area contributed by atoms with Gasteiger partial charge in [0, 0.05) is 25.0 Å². The van der Waals surface area contributed by atoms with Gasteiger partial charge in [-0.2, -0.15) is 0 Å². The Kier molecular flexibility index (Phi) is 4.82. The van der Waals surface area contributed by atoms with Crippen molar-refractivity contribution in [3.8, 4) is 0 Å². The molecule has 0 radical (unpaired) electrons. The van der Waals surface area contributed by atoms with Gasteiger partial charge in [0.25, 0.3) is 5.91 Å². The van der Waals surface area contributed by atoms with Crippen LogP contribution >= 0.6 is 11.6 Å². The lowest BCUT2D eigenvalue weighted by molar-refractivity contribution is 0.101. The van der Waals surface area contributed by atoms with Crippen molar-refractivity contribution in [2.75, 3.05) is 5.32 Å². The molecule has 3 N–H and O–H groups in total. The van der Waals surface area contributed by atoms with E-state index in [1.807, 2.05) is 28.8 Å². The molecule has 1 heterocycles. The van der Waals surface area contributed by atoms with E-state index < -0.39 is 0 Å². The molecule has 2 rings (SSSR count). The molecule has 4 nitrogen and oxygen atoms in total. The highest BCUT2D eigenvalue weighted by Gasteiger charge is 2.13. The van der Waals surface area contributed by atoms with Crippen LogP contribution in [0.5, 0.6) is 0 Å². The molecule has 0 aliphatic heterocycles. The number of aromatic nitrogens is 1. The highest BCUT2D eigenvalue weighted by Crippen LogP contribution is 2.17. The molecule has 20 heavy (non-hydrogen) atoms. The average Bonchev–Trinajstić information content (AvgIpc) is 2.80. The van der Waals surface area contributed by atoms with Crippen molar-refractivity contribution in [3.05, 3.63) is 52.8 Å². The van der Waals surface area contributed by atoms with Crippen LogP contribution in [-0.4, -0.2) is 10.5 Å². The van der Waals surface area contributed by atoms with Gasteiger partial charge in [0.2, 0.25) is 0 Å². The van der Waals surface area contributed by atoms with Crippen molar-refractivity contribution in [2.45, 2.75) is 26.4 Å². The highest BCUT2D eigenvalue weighted by atomic mass is 35.5. The van der Waals surface area contributed by atoms with Crippen LogP contribution in [0.2, 0.25) is 5.02 Å². The number of hydrogen-bond acceptors (Lipinski definition) is 2. The molecular weight excluding hydrogens is 274 g/mol. The van der Waals surface area contributed by atoms with Crippen molar-refractivity contribution in [3.63, 3.8) is 0 Å². The summed E-state index contributed by atoms with van der Waals surface area (Å²) in [5.74, 6) is -0.167. The number of carbonyl (C=O) groups excluding carboxylic acids is 1. The molecule has 0 bridgehead atoms. The van der Waals surface area contributed by atoms with Crippen LogP contribution in [0.4, 0.5) is 5.69 Å². The monoisotopic (exact) mass is 291 g/mol. The van der Waals surface area contributed by atoms with E-state index in [1.54, 1.807) is 12.3 Å². The fourth-order valence-electron chi connectivity index (χ4n) is 2.06. The Balaban J connectivity index is 2.19. The van der Waals surface area contributed by atoms with Gasteiger partial charge in [-0.1, -0.05) is 30.7 Å². The van der Waals surface area contributed by atoms with E-state index in [4.69, 9.17) is 17.3 Å². The molecule has 0 aliphatic rings. The Morgan fingerprint density at radius 2 is 2.20 bits per heavy atom. The lowest BCUT2D eigenvalue weighted by Gasteiger charge is -2.09. The standard InChI is InChI=1S/C15H18ClN3O/c1-2-6-19-10-12(16)8-14(19)15(20)18-13-5-3-4-11(7-13)9-17/h3-5,7-8,10H,2,6,9,17H2,1H3,(H,18,20). The van der Waals surface area contributed by atoms with E-state index in [9.17, 15) is 4.79 Å². The lowest BCUT2D eigenvalue weighted by atomic mass is 10.2. The van der Waals surface area contributed by atoms with Crippen LogP contribution < -0.4 is 11.1 Å². The van der Waals surface area contributed by atoms with Crippen LogP contribution in [0, 0.1) is 0 Å². The zero-order valence-electron chi connectivity index (χ0n) is 11.4. The van der Waals surface area contributed by atoms with Gasteiger partial charge in [0.1, 0.15) is 5.69 Å². The molecule has 5 heteroatoms. The predicted molar refractivity (Wildman–Crippen MR) is 82.0 cm³/mol. The van der Waals surface area contributed by atoms with Crippen molar-refractivity contribution in [2.24, 2.45) is 5.73 Å². The molecule has 2 aromatic rings. The summed E-state index contributed by atoms with van der Waals surface area (Å²) >= 11 is 5.98. The van der Waals surface area contributed by atoms with Crippen LogP contribution in [0.1, 0.15) is 29.4 Å². The van der Waals surface area contributed by atoms with E-state index >= 15 is 0 Å². The Hall–Kier alpha value is -1.78. The second-order valence-corrected chi connectivity index (χ2v) is 5.03. The van der Waals surface area contributed by atoms with Crippen molar-refractivity contribution in [1.82, 2.24) is 4.57 Å². The molecular formula is C15H18ClN3O. The number of halogens is 1. The van der Waals surface area contributed by atoms with Crippen molar-refractivity contribution >= 4 is 23.2 Å². The lowest BCUT2D eigenvalue weighted by Crippen LogP contribution is -2.17. The normalized spacial score (nSPS) is 10.6. The maximum Gasteiger partial charge on any atom is 0.272 e. The summed E-state index contributed by atoms with van der Waals surface area (Å²) < 4.78 is 1.87. The summed E-state index contributed by atoms with van der Waals surface area (Å²) in [5.41, 5.74) is 7.87.